The van der Waals surface area contributed by atoms with Crippen molar-refractivity contribution in [2.45, 2.75) is 43.4 Å². The summed E-state index contributed by atoms with van der Waals surface area (Å²) in [4.78, 5) is 12.9. The molecule has 1 fully saturated rings. The molecule has 1 aliphatic heterocycles. The smallest absolute Gasteiger partial charge is 0.243 e. The Hall–Kier alpha value is -2.64. The molecule has 7 heteroatoms. The number of carbonyl (C=O) groups excluding carboxylic acids is 1. The number of nitrogens with zero attached hydrogens (tertiary/aromatic N) is 1. The van der Waals surface area contributed by atoms with E-state index in [9.17, 15) is 13.2 Å². The molecule has 1 N–H and O–H groups in total. The molecule has 0 radical (unpaired) electrons. The fourth-order valence-electron chi connectivity index (χ4n) is 4.47. The van der Waals surface area contributed by atoms with Crippen LogP contribution in [0.3, 0.4) is 0 Å². The Bertz CT molecular complexity index is 1220. The van der Waals surface area contributed by atoms with E-state index >= 15 is 0 Å². The first-order valence-electron chi connectivity index (χ1n) is 10.4. The van der Waals surface area contributed by atoms with E-state index < -0.39 is 10.0 Å². The second kappa shape index (κ2) is 7.56. The van der Waals surface area contributed by atoms with Crippen LogP contribution in [-0.2, 0) is 34.1 Å². The molecule has 5 rings (SSSR count). The summed E-state index contributed by atoms with van der Waals surface area (Å²) in [7, 11) is -3.51. The van der Waals surface area contributed by atoms with Crippen LogP contribution in [0.1, 0.15) is 36.0 Å². The highest BCUT2D eigenvalue weighted by atomic mass is 32.2. The second-order valence-corrected chi connectivity index (χ2v) is 10.0. The number of aryl methyl sites for hydroxylation is 2. The molecule has 3 aromatic rings. The number of rotatable bonds is 5. The Balaban J connectivity index is 1.33. The van der Waals surface area contributed by atoms with E-state index in [1.54, 1.807) is 24.5 Å². The highest BCUT2D eigenvalue weighted by Gasteiger charge is 2.27. The first-order chi connectivity index (χ1) is 14.5. The molecular formula is C23H24N2O4S. The van der Waals surface area contributed by atoms with Gasteiger partial charge in [0.15, 0.2) is 0 Å². The Labute approximate surface area is 175 Å². The van der Waals surface area contributed by atoms with Crippen molar-refractivity contribution < 1.29 is 17.6 Å². The van der Waals surface area contributed by atoms with Gasteiger partial charge >= 0.3 is 0 Å². The summed E-state index contributed by atoms with van der Waals surface area (Å²) in [5.74, 6) is -0.200. The van der Waals surface area contributed by atoms with Crippen LogP contribution >= 0.6 is 0 Å². The molecule has 2 aliphatic rings. The molecule has 6 nitrogen and oxygen atoms in total. The molecular weight excluding hydrogens is 400 g/mol. The summed E-state index contributed by atoms with van der Waals surface area (Å²) in [6.07, 6.45) is 6.91. The Morgan fingerprint density at radius 1 is 1.03 bits per heavy atom. The molecule has 0 bridgehead atoms. The van der Waals surface area contributed by atoms with Crippen LogP contribution in [0.5, 0.6) is 0 Å². The van der Waals surface area contributed by atoms with Crippen LogP contribution in [0.2, 0.25) is 0 Å². The number of sulfonamides is 1. The normalized spacial score (nSPS) is 16.8. The predicted molar refractivity (Wildman–Crippen MR) is 115 cm³/mol. The van der Waals surface area contributed by atoms with Gasteiger partial charge in [0.2, 0.25) is 15.9 Å². The van der Waals surface area contributed by atoms with Gasteiger partial charge < -0.3 is 9.73 Å². The third kappa shape index (κ3) is 3.52. The third-order valence-corrected chi connectivity index (χ3v) is 7.93. The molecule has 156 valence electrons. The van der Waals surface area contributed by atoms with Gasteiger partial charge in [-0.3, -0.25) is 4.79 Å². The van der Waals surface area contributed by atoms with E-state index in [0.29, 0.717) is 18.8 Å². The highest BCUT2D eigenvalue weighted by molar-refractivity contribution is 7.89. The van der Waals surface area contributed by atoms with Crippen molar-refractivity contribution in [2.24, 2.45) is 0 Å². The summed E-state index contributed by atoms with van der Waals surface area (Å²) < 4.78 is 32.7. The molecule has 0 saturated carbocycles. The molecule has 0 atom stereocenters. The van der Waals surface area contributed by atoms with E-state index in [1.165, 1.54) is 21.5 Å². The molecule has 1 amide bonds. The lowest BCUT2D eigenvalue weighted by atomic mass is 10.0. The summed E-state index contributed by atoms with van der Waals surface area (Å²) in [6, 6.07) is 10.7. The number of carbonyl (C=O) groups is 1. The fraction of sp³-hybridized carbons (Fsp3) is 0.348. The Morgan fingerprint density at radius 2 is 1.80 bits per heavy atom. The zero-order chi connectivity index (χ0) is 20.7. The zero-order valence-electron chi connectivity index (χ0n) is 16.7. The fourth-order valence-corrected chi connectivity index (χ4v) is 6.04. The molecule has 30 heavy (non-hydrogen) atoms. The maximum absolute atomic E-state index is 12.8. The Kier molecular flexibility index (Phi) is 4.87. The monoisotopic (exact) mass is 424 g/mol. The van der Waals surface area contributed by atoms with E-state index in [-0.39, 0.29) is 17.2 Å². The quantitative estimate of drug-likeness (QED) is 0.674. The van der Waals surface area contributed by atoms with Crippen LogP contribution in [0.15, 0.2) is 52.0 Å². The highest BCUT2D eigenvalue weighted by Crippen LogP contribution is 2.31. The average Bonchev–Trinajstić information content (AvgIpc) is 3.48. The molecule has 0 unspecified atom stereocenters. The van der Waals surface area contributed by atoms with Crippen molar-refractivity contribution in [1.82, 2.24) is 4.31 Å². The topological polar surface area (TPSA) is 79.6 Å². The summed E-state index contributed by atoms with van der Waals surface area (Å²) in [5, 5.41) is 3.82. The summed E-state index contributed by atoms with van der Waals surface area (Å²) >= 11 is 0. The van der Waals surface area contributed by atoms with Gasteiger partial charge in [-0.1, -0.05) is 6.07 Å². The number of fused-ring (bicyclic) bond motifs is 2. The van der Waals surface area contributed by atoms with E-state index in [1.807, 2.05) is 0 Å². The van der Waals surface area contributed by atoms with E-state index in [0.717, 1.165) is 48.6 Å². The van der Waals surface area contributed by atoms with Crippen molar-refractivity contribution in [1.29, 1.82) is 0 Å². The molecule has 2 heterocycles. The van der Waals surface area contributed by atoms with Crippen molar-refractivity contribution in [3.8, 4) is 0 Å². The summed E-state index contributed by atoms with van der Waals surface area (Å²) in [6.45, 7) is 1.10. The number of anilines is 1. The minimum absolute atomic E-state index is 0.175. The minimum Gasteiger partial charge on any atom is -0.464 e. The maximum Gasteiger partial charge on any atom is 0.243 e. The predicted octanol–water partition coefficient (Wildman–Crippen LogP) is 3.89. The van der Waals surface area contributed by atoms with Gasteiger partial charge in [0, 0.05) is 29.7 Å². The van der Waals surface area contributed by atoms with Crippen molar-refractivity contribution >= 4 is 32.6 Å². The largest absolute Gasteiger partial charge is 0.464 e. The molecule has 2 aromatic carbocycles. The SMILES string of the molecule is O=C(Cc1coc2cc3c(cc12)CCC3)Nc1cccc(S(=O)(=O)N2CCCC2)c1. The number of hydrogen-bond donors (Lipinski definition) is 1. The van der Waals surface area contributed by atoms with Crippen molar-refractivity contribution in [3.63, 3.8) is 0 Å². The van der Waals surface area contributed by atoms with Gasteiger partial charge in [-0.2, -0.15) is 4.31 Å². The third-order valence-electron chi connectivity index (χ3n) is 6.04. The second-order valence-electron chi connectivity index (χ2n) is 8.10. The zero-order valence-corrected chi connectivity index (χ0v) is 17.5. The Morgan fingerprint density at radius 3 is 2.60 bits per heavy atom. The van der Waals surface area contributed by atoms with Crippen LogP contribution in [-0.4, -0.2) is 31.7 Å². The molecule has 1 aliphatic carbocycles. The van der Waals surface area contributed by atoms with Gasteiger partial charge in [0.25, 0.3) is 0 Å². The lowest BCUT2D eigenvalue weighted by molar-refractivity contribution is -0.115. The van der Waals surface area contributed by atoms with Crippen LogP contribution < -0.4 is 5.32 Å². The lowest BCUT2D eigenvalue weighted by Gasteiger charge is -2.16. The number of benzene rings is 2. The number of amides is 1. The van der Waals surface area contributed by atoms with Crippen LogP contribution in [0, 0.1) is 0 Å². The van der Waals surface area contributed by atoms with Gasteiger partial charge in [0.1, 0.15) is 5.58 Å². The van der Waals surface area contributed by atoms with Gasteiger partial charge in [-0.15, -0.1) is 0 Å². The van der Waals surface area contributed by atoms with Crippen molar-refractivity contribution in [3.05, 3.63) is 59.4 Å². The average molecular weight is 425 g/mol. The first-order valence-corrected chi connectivity index (χ1v) is 11.9. The maximum atomic E-state index is 12.8. The minimum atomic E-state index is -3.51. The van der Waals surface area contributed by atoms with Gasteiger partial charge in [-0.05, 0) is 73.6 Å². The first kappa shape index (κ1) is 19.3. The van der Waals surface area contributed by atoms with Crippen LogP contribution in [0.25, 0.3) is 11.0 Å². The van der Waals surface area contributed by atoms with E-state index in [2.05, 4.69) is 17.4 Å². The number of nitrogens with one attached hydrogen (secondary N) is 1. The number of furan rings is 1. The standard InChI is InChI=1S/C23H24N2O4S/c26-23(13-18-15-29-22-12-17-6-3-5-16(17)11-21(18)22)24-19-7-4-8-20(14-19)30(27,28)25-9-1-2-10-25/h4,7-8,11-12,14-15H,1-3,5-6,9-10,13H2,(H,24,26). The molecule has 1 aromatic heterocycles. The van der Waals surface area contributed by atoms with Crippen molar-refractivity contribution in [2.75, 3.05) is 18.4 Å². The van der Waals surface area contributed by atoms with E-state index in [4.69, 9.17) is 4.42 Å². The van der Waals surface area contributed by atoms with Crippen LogP contribution in [0.4, 0.5) is 5.69 Å². The summed E-state index contributed by atoms with van der Waals surface area (Å²) in [5.41, 5.74) is 4.82. The number of hydrogen-bond acceptors (Lipinski definition) is 4. The van der Waals surface area contributed by atoms with Gasteiger partial charge in [0.05, 0.1) is 17.6 Å². The molecule has 0 spiro atoms. The lowest BCUT2D eigenvalue weighted by Crippen LogP contribution is -2.28. The molecule has 1 saturated heterocycles. The van der Waals surface area contributed by atoms with Gasteiger partial charge in [-0.25, -0.2) is 8.42 Å².